The third-order valence-electron chi connectivity index (χ3n) is 9.70. The lowest BCUT2D eigenvalue weighted by atomic mass is 9.90. The molecule has 4 nitrogen and oxygen atoms in total. The fraction of sp³-hybridized carbons (Fsp3) is 0.0816. The van der Waals surface area contributed by atoms with Crippen LogP contribution in [-0.2, 0) is 25.7 Å². The van der Waals surface area contributed by atoms with Gasteiger partial charge in [0.25, 0.3) is 0 Å². The summed E-state index contributed by atoms with van der Waals surface area (Å²) in [7, 11) is 0. The van der Waals surface area contributed by atoms with Crippen molar-refractivity contribution in [1.82, 2.24) is 15.0 Å². The second-order valence-electron chi connectivity index (χ2n) is 13.4. The Bertz CT molecular complexity index is 2320. The molecule has 0 aliphatic carbocycles. The van der Waals surface area contributed by atoms with Gasteiger partial charge >= 0.3 is 0 Å². The van der Waals surface area contributed by atoms with Crippen LogP contribution in [0.5, 0.6) is 5.75 Å². The molecule has 256 valence electrons. The van der Waals surface area contributed by atoms with Gasteiger partial charge in [0.15, 0.2) is 0 Å². The van der Waals surface area contributed by atoms with E-state index >= 15 is 0 Å². The number of rotatable bonds is 11. The lowest BCUT2D eigenvalue weighted by Gasteiger charge is -2.15. The Balaban J connectivity index is 1.07. The average molecular weight is 686 g/mol. The molecular formula is C49H39N3O. The van der Waals surface area contributed by atoms with E-state index in [9.17, 15) is 5.11 Å². The van der Waals surface area contributed by atoms with Crippen LogP contribution in [0, 0.1) is 0 Å². The van der Waals surface area contributed by atoms with Crippen molar-refractivity contribution in [2.75, 3.05) is 0 Å². The maximum atomic E-state index is 9.99. The summed E-state index contributed by atoms with van der Waals surface area (Å²) in [6.07, 6.45) is 9.58. The molecule has 0 unspecified atom stereocenters. The normalized spacial score (nSPS) is 11.0. The fourth-order valence-corrected chi connectivity index (χ4v) is 6.86. The first-order valence-electron chi connectivity index (χ1n) is 18.1. The van der Waals surface area contributed by atoms with Gasteiger partial charge in [0.1, 0.15) is 5.75 Å². The van der Waals surface area contributed by atoms with Crippen LogP contribution >= 0.6 is 0 Å². The van der Waals surface area contributed by atoms with Crippen molar-refractivity contribution >= 4 is 0 Å². The third kappa shape index (κ3) is 8.14. The summed E-state index contributed by atoms with van der Waals surface area (Å²) < 4.78 is 0. The van der Waals surface area contributed by atoms with Crippen molar-refractivity contribution in [1.29, 1.82) is 0 Å². The quantitative estimate of drug-likeness (QED) is 0.147. The first kappa shape index (κ1) is 33.5. The van der Waals surface area contributed by atoms with Crippen LogP contribution in [0.25, 0.3) is 56.0 Å². The second kappa shape index (κ2) is 15.7. The Kier molecular flexibility index (Phi) is 9.93. The van der Waals surface area contributed by atoms with Gasteiger partial charge in [-0.1, -0.05) is 133 Å². The molecule has 8 rings (SSSR count). The van der Waals surface area contributed by atoms with Gasteiger partial charge in [-0.2, -0.15) is 0 Å². The number of phenols is 1. The highest BCUT2D eigenvalue weighted by molar-refractivity contribution is 5.84. The summed E-state index contributed by atoms with van der Waals surface area (Å²) in [5.41, 5.74) is 15.5. The number of aromatic nitrogens is 3. The molecule has 1 N–H and O–H groups in total. The SMILES string of the molecule is Oc1cccc(-c2ccc(-c3ccccc3-c3cc(CCc4ccc(-c5ccccc5)nc4)cc(CCc4ccc(-c5ccccc5)nc4)c3)cn2)c1. The lowest BCUT2D eigenvalue weighted by Crippen LogP contribution is -1.98. The zero-order valence-electron chi connectivity index (χ0n) is 29.4. The minimum Gasteiger partial charge on any atom is -0.508 e. The highest BCUT2D eigenvalue weighted by atomic mass is 16.3. The van der Waals surface area contributed by atoms with Crippen LogP contribution in [0.15, 0.2) is 182 Å². The summed E-state index contributed by atoms with van der Waals surface area (Å²) in [5.74, 6) is 0.232. The zero-order valence-corrected chi connectivity index (χ0v) is 29.4. The Morgan fingerprint density at radius 2 is 0.792 bits per heavy atom. The fourth-order valence-electron chi connectivity index (χ4n) is 6.86. The van der Waals surface area contributed by atoms with Crippen LogP contribution in [0.3, 0.4) is 0 Å². The van der Waals surface area contributed by atoms with E-state index in [-0.39, 0.29) is 5.75 Å². The Labute approximate surface area is 311 Å². The smallest absolute Gasteiger partial charge is 0.116 e. The van der Waals surface area contributed by atoms with Gasteiger partial charge in [0, 0.05) is 40.8 Å². The summed E-state index contributed by atoms with van der Waals surface area (Å²) in [6.45, 7) is 0. The molecule has 3 aromatic heterocycles. The topological polar surface area (TPSA) is 58.9 Å². The second-order valence-corrected chi connectivity index (χ2v) is 13.4. The van der Waals surface area contributed by atoms with Crippen molar-refractivity contribution < 1.29 is 5.11 Å². The largest absolute Gasteiger partial charge is 0.508 e. The standard InChI is InChI=1S/C49H39N3O/c53-44-15-9-14-41(31-44)49-27-24-42(34-52-49)45-16-7-8-17-46(45)43-29-37(20-18-35-22-25-47(50-32-35)39-10-3-1-4-11-39)28-38(30-43)21-19-36-23-26-48(51-33-36)40-12-5-2-6-13-40/h1-17,22-34,53H,18-21H2. The number of hydrogen-bond acceptors (Lipinski definition) is 4. The first-order chi connectivity index (χ1) is 26.1. The van der Waals surface area contributed by atoms with E-state index in [1.165, 1.54) is 33.4 Å². The van der Waals surface area contributed by atoms with Crippen molar-refractivity contribution in [3.63, 3.8) is 0 Å². The van der Waals surface area contributed by atoms with Crippen molar-refractivity contribution in [2.24, 2.45) is 0 Å². The molecule has 3 heterocycles. The molecular weight excluding hydrogens is 647 g/mol. The predicted molar refractivity (Wildman–Crippen MR) is 216 cm³/mol. The molecule has 4 heteroatoms. The van der Waals surface area contributed by atoms with Crippen molar-refractivity contribution in [3.8, 4) is 61.8 Å². The minimum atomic E-state index is 0.232. The number of nitrogens with zero attached hydrogens (tertiary/aromatic N) is 3. The minimum absolute atomic E-state index is 0.232. The summed E-state index contributed by atoms with van der Waals surface area (Å²) >= 11 is 0. The summed E-state index contributed by atoms with van der Waals surface area (Å²) in [4.78, 5) is 14.4. The lowest BCUT2D eigenvalue weighted by molar-refractivity contribution is 0.475. The van der Waals surface area contributed by atoms with E-state index < -0.39 is 0 Å². The Morgan fingerprint density at radius 1 is 0.321 bits per heavy atom. The maximum absolute atomic E-state index is 9.99. The number of phenolic OH excluding ortho intramolecular Hbond substituents is 1. The van der Waals surface area contributed by atoms with E-state index in [0.29, 0.717) is 0 Å². The van der Waals surface area contributed by atoms with Gasteiger partial charge in [-0.25, -0.2) is 0 Å². The molecule has 53 heavy (non-hydrogen) atoms. The number of hydrogen-bond donors (Lipinski definition) is 1. The van der Waals surface area contributed by atoms with E-state index in [1.54, 1.807) is 12.1 Å². The molecule has 8 aromatic rings. The highest BCUT2D eigenvalue weighted by Gasteiger charge is 2.12. The molecule has 0 saturated heterocycles. The first-order valence-corrected chi connectivity index (χ1v) is 18.1. The van der Waals surface area contributed by atoms with Gasteiger partial charge in [0.05, 0.1) is 17.1 Å². The average Bonchev–Trinajstić information content (AvgIpc) is 3.23. The maximum Gasteiger partial charge on any atom is 0.116 e. The molecule has 0 amide bonds. The van der Waals surface area contributed by atoms with E-state index in [4.69, 9.17) is 15.0 Å². The van der Waals surface area contributed by atoms with Gasteiger partial charge in [-0.05, 0) is 95.0 Å². The number of aromatic hydroxyl groups is 1. The molecule has 0 radical (unpaired) electrons. The van der Waals surface area contributed by atoms with Gasteiger partial charge in [0.2, 0.25) is 0 Å². The Morgan fingerprint density at radius 3 is 1.30 bits per heavy atom. The van der Waals surface area contributed by atoms with Crippen LogP contribution in [0.2, 0.25) is 0 Å². The van der Waals surface area contributed by atoms with Gasteiger partial charge in [-0.3, -0.25) is 15.0 Å². The third-order valence-corrected chi connectivity index (χ3v) is 9.70. The monoisotopic (exact) mass is 685 g/mol. The molecule has 0 fully saturated rings. The highest BCUT2D eigenvalue weighted by Crippen LogP contribution is 2.34. The predicted octanol–water partition coefficient (Wildman–Crippen LogP) is 11.5. The molecule has 5 aromatic carbocycles. The summed E-state index contributed by atoms with van der Waals surface area (Å²) in [5, 5.41) is 9.99. The van der Waals surface area contributed by atoms with Crippen LogP contribution in [0.1, 0.15) is 22.3 Å². The number of aryl methyl sites for hydroxylation is 4. The van der Waals surface area contributed by atoms with Crippen LogP contribution < -0.4 is 0 Å². The van der Waals surface area contributed by atoms with Gasteiger partial charge < -0.3 is 5.11 Å². The van der Waals surface area contributed by atoms with Gasteiger partial charge in [-0.15, -0.1) is 0 Å². The van der Waals surface area contributed by atoms with E-state index in [0.717, 1.165) is 70.6 Å². The number of pyridine rings is 3. The number of benzene rings is 5. The summed E-state index contributed by atoms with van der Waals surface area (Å²) in [6, 6.07) is 56.3. The molecule has 0 aliphatic heterocycles. The van der Waals surface area contributed by atoms with E-state index in [1.807, 2.05) is 73.2 Å². The molecule has 0 atom stereocenters. The molecule has 0 spiro atoms. The molecule has 0 aliphatic rings. The van der Waals surface area contributed by atoms with E-state index in [2.05, 4.69) is 97.1 Å². The Hall–Kier alpha value is -6.65. The van der Waals surface area contributed by atoms with Crippen molar-refractivity contribution in [2.45, 2.75) is 25.7 Å². The van der Waals surface area contributed by atoms with Crippen LogP contribution in [0.4, 0.5) is 0 Å². The zero-order chi connectivity index (χ0) is 35.8. The van der Waals surface area contributed by atoms with Crippen molar-refractivity contribution in [3.05, 3.63) is 205 Å². The molecule has 0 saturated carbocycles. The molecule has 0 bridgehead atoms. The van der Waals surface area contributed by atoms with Crippen LogP contribution in [-0.4, -0.2) is 20.1 Å².